The molecule has 1 saturated heterocycles. The summed E-state index contributed by atoms with van der Waals surface area (Å²) < 4.78 is 24.3. The van der Waals surface area contributed by atoms with E-state index in [-0.39, 0.29) is 6.04 Å². The van der Waals surface area contributed by atoms with Gasteiger partial charge in [-0.1, -0.05) is 13.0 Å². The van der Waals surface area contributed by atoms with E-state index in [4.69, 9.17) is 0 Å². The number of hydrogen-bond donors (Lipinski definition) is 0. The van der Waals surface area contributed by atoms with Gasteiger partial charge in [0, 0.05) is 18.0 Å². The van der Waals surface area contributed by atoms with Gasteiger partial charge in [-0.2, -0.15) is 4.31 Å². The second-order valence-electron chi connectivity index (χ2n) is 3.17. The van der Waals surface area contributed by atoms with Gasteiger partial charge in [-0.15, -0.1) is 0 Å². The first-order valence-electron chi connectivity index (χ1n) is 4.22. The van der Waals surface area contributed by atoms with Gasteiger partial charge in [0.15, 0.2) is 0 Å². The van der Waals surface area contributed by atoms with E-state index < -0.39 is 10.0 Å². The summed E-state index contributed by atoms with van der Waals surface area (Å²) in [7, 11) is -3.17. The van der Waals surface area contributed by atoms with Crippen molar-refractivity contribution in [2.45, 2.75) is 32.2 Å². The molecule has 1 aliphatic rings. The molecular weight excluding hydrogens is 174 g/mol. The molecule has 1 fully saturated rings. The molecule has 0 spiro atoms. The highest BCUT2D eigenvalue weighted by Gasteiger charge is 2.26. The molecule has 12 heavy (non-hydrogen) atoms. The van der Waals surface area contributed by atoms with Crippen LogP contribution >= 0.6 is 0 Å². The van der Waals surface area contributed by atoms with Gasteiger partial charge in [0.05, 0.1) is 0 Å². The molecule has 0 N–H and O–H groups in total. The summed E-state index contributed by atoms with van der Waals surface area (Å²) in [6.45, 7) is 5.91. The van der Waals surface area contributed by atoms with Crippen LogP contribution in [0.1, 0.15) is 26.2 Å². The summed E-state index contributed by atoms with van der Waals surface area (Å²) in [4.78, 5) is 0. The van der Waals surface area contributed by atoms with Crippen molar-refractivity contribution in [2.75, 3.05) is 6.54 Å². The Labute approximate surface area is 74.1 Å². The molecule has 0 saturated carbocycles. The second-order valence-corrected chi connectivity index (χ2v) is 5.00. The highest BCUT2D eigenvalue weighted by molar-refractivity contribution is 7.92. The predicted octanol–water partition coefficient (Wildman–Crippen LogP) is 1.33. The molecule has 70 valence electrons. The molecule has 0 radical (unpaired) electrons. The van der Waals surface area contributed by atoms with Crippen molar-refractivity contribution in [1.82, 2.24) is 4.31 Å². The number of hydrogen-bond acceptors (Lipinski definition) is 2. The Balaban J connectivity index is 2.79. The SMILES string of the molecule is C=CS(=O)(=O)N1CCCCC1C. The van der Waals surface area contributed by atoms with Gasteiger partial charge in [-0.05, 0) is 19.8 Å². The van der Waals surface area contributed by atoms with E-state index in [0.29, 0.717) is 6.54 Å². The standard InChI is InChI=1S/C8H15NO2S/c1-3-12(10,11)9-7-5-4-6-8(9)2/h3,8H,1,4-7H2,2H3. The minimum atomic E-state index is -3.17. The molecule has 1 heterocycles. The fourth-order valence-corrected chi connectivity index (χ4v) is 2.73. The Kier molecular flexibility index (Phi) is 2.90. The zero-order valence-electron chi connectivity index (χ0n) is 7.36. The van der Waals surface area contributed by atoms with E-state index in [1.54, 1.807) is 0 Å². The number of piperidine rings is 1. The van der Waals surface area contributed by atoms with Crippen LogP contribution in [0.3, 0.4) is 0 Å². The third kappa shape index (κ3) is 1.87. The Hall–Kier alpha value is -0.350. The number of nitrogens with zero attached hydrogens (tertiary/aromatic N) is 1. The van der Waals surface area contributed by atoms with Crippen LogP contribution in [0.4, 0.5) is 0 Å². The Morgan fingerprint density at radius 2 is 2.17 bits per heavy atom. The summed E-state index contributed by atoms with van der Waals surface area (Å²) >= 11 is 0. The summed E-state index contributed by atoms with van der Waals surface area (Å²) in [6.07, 6.45) is 3.06. The van der Waals surface area contributed by atoms with Crippen molar-refractivity contribution in [3.63, 3.8) is 0 Å². The lowest BCUT2D eigenvalue weighted by atomic mass is 10.1. The minimum Gasteiger partial charge on any atom is -0.208 e. The van der Waals surface area contributed by atoms with Crippen molar-refractivity contribution in [3.05, 3.63) is 12.0 Å². The molecule has 4 heteroatoms. The van der Waals surface area contributed by atoms with Crippen molar-refractivity contribution in [3.8, 4) is 0 Å². The monoisotopic (exact) mass is 189 g/mol. The van der Waals surface area contributed by atoms with Crippen LogP contribution in [0, 0.1) is 0 Å². The van der Waals surface area contributed by atoms with Gasteiger partial charge in [0.1, 0.15) is 0 Å². The lowest BCUT2D eigenvalue weighted by Crippen LogP contribution is -2.40. The van der Waals surface area contributed by atoms with E-state index in [1.807, 2.05) is 6.92 Å². The third-order valence-corrected chi connectivity index (χ3v) is 3.90. The molecule has 3 nitrogen and oxygen atoms in total. The maximum Gasteiger partial charge on any atom is 0.235 e. The van der Waals surface area contributed by atoms with Gasteiger partial charge < -0.3 is 0 Å². The highest BCUT2D eigenvalue weighted by atomic mass is 32.2. The first kappa shape index (κ1) is 9.74. The van der Waals surface area contributed by atoms with E-state index >= 15 is 0 Å². The zero-order chi connectivity index (χ0) is 9.19. The average molecular weight is 189 g/mol. The fourth-order valence-electron chi connectivity index (χ4n) is 1.55. The van der Waals surface area contributed by atoms with Crippen LogP contribution in [0.5, 0.6) is 0 Å². The summed E-state index contributed by atoms with van der Waals surface area (Å²) in [5.41, 5.74) is 0. The topological polar surface area (TPSA) is 37.4 Å². The smallest absolute Gasteiger partial charge is 0.208 e. The van der Waals surface area contributed by atoms with Crippen molar-refractivity contribution in [1.29, 1.82) is 0 Å². The Bertz CT molecular complexity index is 258. The lowest BCUT2D eigenvalue weighted by Gasteiger charge is -2.30. The molecule has 1 unspecified atom stereocenters. The van der Waals surface area contributed by atoms with E-state index in [1.165, 1.54) is 4.31 Å². The average Bonchev–Trinajstić information content (AvgIpc) is 2.05. The van der Waals surface area contributed by atoms with Crippen LogP contribution in [0.25, 0.3) is 0 Å². The Morgan fingerprint density at radius 3 is 2.67 bits per heavy atom. The summed E-state index contributed by atoms with van der Waals surface area (Å²) in [5.74, 6) is 0. The quantitative estimate of drug-likeness (QED) is 0.657. The van der Waals surface area contributed by atoms with E-state index in [9.17, 15) is 8.42 Å². The van der Waals surface area contributed by atoms with E-state index in [0.717, 1.165) is 24.7 Å². The maximum atomic E-state index is 11.4. The Morgan fingerprint density at radius 1 is 1.50 bits per heavy atom. The molecular formula is C8H15NO2S. The molecule has 1 rings (SSSR count). The third-order valence-electron chi connectivity index (χ3n) is 2.28. The molecule has 1 aliphatic heterocycles. The van der Waals surface area contributed by atoms with Gasteiger partial charge >= 0.3 is 0 Å². The molecule has 0 aromatic rings. The van der Waals surface area contributed by atoms with E-state index in [2.05, 4.69) is 6.58 Å². The summed E-state index contributed by atoms with van der Waals surface area (Å²) in [5, 5.41) is 1.04. The van der Waals surface area contributed by atoms with Gasteiger partial charge in [-0.3, -0.25) is 0 Å². The second kappa shape index (κ2) is 3.58. The predicted molar refractivity (Wildman–Crippen MR) is 49.1 cm³/mol. The van der Waals surface area contributed by atoms with Crippen molar-refractivity contribution >= 4 is 10.0 Å². The van der Waals surface area contributed by atoms with Crippen LogP contribution in [-0.2, 0) is 10.0 Å². The molecule has 0 aromatic carbocycles. The first-order chi connectivity index (χ1) is 5.58. The lowest BCUT2D eigenvalue weighted by molar-refractivity contribution is 0.271. The van der Waals surface area contributed by atoms with Crippen molar-refractivity contribution < 1.29 is 8.42 Å². The number of sulfonamides is 1. The molecule has 1 atom stereocenters. The zero-order valence-corrected chi connectivity index (χ0v) is 8.18. The fraction of sp³-hybridized carbons (Fsp3) is 0.750. The van der Waals surface area contributed by atoms with Crippen molar-refractivity contribution in [2.24, 2.45) is 0 Å². The van der Waals surface area contributed by atoms with Crippen LogP contribution < -0.4 is 0 Å². The van der Waals surface area contributed by atoms with Gasteiger partial charge in [0.25, 0.3) is 0 Å². The van der Waals surface area contributed by atoms with Crippen LogP contribution in [0.15, 0.2) is 12.0 Å². The normalized spacial score (nSPS) is 26.9. The number of rotatable bonds is 2. The van der Waals surface area contributed by atoms with Crippen LogP contribution in [0.2, 0.25) is 0 Å². The summed E-state index contributed by atoms with van der Waals surface area (Å²) in [6, 6.07) is 0.141. The molecule has 0 bridgehead atoms. The van der Waals surface area contributed by atoms with Crippen LogP contribution in [-0.4, -0.2) is 25.3 Å². The molecule has 0 aliphatic carbocycles. The van der Waals surface area contributed by atoms with Gasteiger partial charge in [-0.25, -0.2) is 8.42 Å². The molecule has 0 aromatic heterocycles. The van der Waals surface area contributed by atoms with Gasteiger partial charge in [0.2, 0.25) is 10.0 Å². The first-order valence-corrected chi connectivity index (χ1v) is 5.72. The minimum absolute atomic E-state index is 0.141. The largest absolute Gasteiger partial charge is 0.235 e. The molecule has 0 amide bonds. The highest BCUT2D eigenvalue weighted by Crippen LogP contribution is 2.20. The maximum absolute atomic E-state index is 11.4.